The number of hydrogen-bond donors (Lipinski definition) is 2. The van der Waals surface area contributed by atoms with Crippen LogP contribution in [0.1, 0.15) is 31.7 Å². The number of aromatic nitrogens is 2. The number of hydrazine groups is 1. The highest BCUT2D eigenvalue weighted by atomic mass is 16.5. The molecule has 1 atom stereocenters. The predicted octanol–water partition coefficient (Wildman–Crippen LogP) is 1.00. The van der Waals surface area contributed by atoms with Crippen LogP contribution in [-0.4, -0.2) is 29.0 Å². The van der Waals surface area contributed by atoms with E-state index in [0.29, 0.717) is 6.04 Å². The van der Waals surface area contributed by atoms with Gasteiger partial charge in [-0.1, -0.05) is 0 Å². The van der Waals surface area contributed by atoms with Gasteiger partial charge in [0, 0.05) is 32.5 Å². The van der Waals surface area contributed by atoms with Crippen LogP contribution in [0.3, 0.4) is 0 Å². The van der Waals surface area contributed by atoms with Crippen molar-refractivity contribution in [2.45, 2.75) is 38.6 Å². The molecule has 98 valence electrons. The second-order valence-electron chi connectivity index (χ2n) is 4.26. The highest BCUT2D eigenvalue weighted by Crippen LogP contribution is 2.07. The lowest BCUT2D eigenvalue weighted by Gasteiger charge is -2.15. The van der Waals surface area contributed by atoms with Crippen LogP contribution in [0.25, 0.3) is 0 Å². The summed E-state index contributed by atoms with van der Waals surface area (Å²) in [6, 6.07) is 0.357. The monoisotopic (exact) mass is 240 g/mol. The maximum absolute atomic E-state index is 5.55. The maximum atomic E-state index is 5.55. The van der Waals surface area contributed by atoms with Crippen molar-refractivity contribution >= 4 is 0 Å². The van der Waals surface area contributed by atoms with Gasteiger partial charge in [0.1, 0.15) is 0 Å². The van der Waals surface area contributed by atoms with Crippen LogP contribution in [0.2, 0.25) is 0 Å². The Labute approximate surface area is 103 Å². The third-order valence-corrected chi connectivity index (χ3v) is 2.82. The average Bonchev–Trinajstić information content (AvgIpc) is 2.74. The third-order valence-electron chi connectivity index (χ3n) is 2.82. The molecule has 0 amide bonds. The molecule has 1 rings (SSSR count). The van der Waals surface area contributed by atoms with Gasteiger partial charge in [0.15, 0.2) is 0 Å². The Kier molecular flexibility index (Phi) is 6.84. The van der Waals surface area contributed by atoms with E-state index >= 15 is 0 Å². The van der Waals surface area contributed by atoms with E-state index in [-0.39, 0.29) is 0 Å². The quantitative estimate of drug-likeness (QED) is 0.384. The Balaban J connectivity index is 2.18. The van der Waals surface area contributed by atoms with Crippen LogP contribution in [-0.2, 0) is 18.2 Å². The fourth-order valence-electron chi connectivity index (χ4n) is 1.83. The molecule has 1 heterocycles. The molecule has 0 bridgehead atoms. The summed E-state index contributed by atoms with van der Waals surface area (Å²) in [6.45, 7) is 3.62. The number of ether oxygens (including phenoxy) is 1. The summed E-state index contributed by atoms with van der Waals surface area (Å²) in [5.74, 6) is 5.55. The molecule has 0 fully saturated rings. The molecule has 1 aromatic heterocycles. The Morgan fingerprint density at radius 3 is 2.94 bits per heavy atom. The molecule has 0 aliphatic carbocycles. The molecule has 5 heteroatoms. The van der Waals surface area contributed by atoms with Crippen molar-refractivity contribution in [3.63, 3.8) is 0 Å². The number of nitrogens with one attached hydrogen (secondary N) is 1. The first-order valence-corrected chi connectivity index (χ1v) is 6.27. The second kappa shape index (κ2) is 8.22. The highest BCUT2D eigenvalue weighted by Gasteiger charge is 2.07. The van der Waals surface area contributed by atoms with E-state index in [1.54, 1.807) is 0 Å². The van der Waals surface area contributed by atoms with Crippen molar-refractivity contribution in [3.8, 4) is 0 Å². The van der Waals surface area contributed by atoms with Crippen LogP contribution >= 0.6 is 0 Å². The van der Waals surface area contributed by atoms with E-state index in [1.807, 2.05) is 31.0 Å². The van der Waals surface area contributed by atoms with E-state index < -0.39 is 0 Å². The molecule has 0 saturated carbocycles. The number of hydrogen-bond acceptors (Lipinski definition) is 4. The maximum Gasteiger partial charge on any atom is 0.0521 e. The van der Waals surface area contributed by atoms with E-state index in [1.165, 1.54) is 5.56 Å². The van der Waals surface area contributed by atoms with Gasteiger partial charge in [0.25, 0.3) is 0 Å². The minimum atomic E-state index is 0.357. The summed E-state index contributed by atoms with van der Waals surface area (Å²) in [6.07, 6.45) is 8.11. The van der Waals surface area contributed by atoms with Crippen LogP contribution in [0.4, 0.5) is 0 Å². The summed E-state index contributed by atoms with van der Waals surface area (Å²) in [7, 11) is 1.93. The lowest BCUT2D eigenvalue weighted by molar-refractivity contribution is 0.140. The fraction of sp³-hybridized carbons (Fsp3) is 0.750. The lowest BCUT2D eigenvalue weighted by Crippen LogP contribution is -2.35. The molecule has 1 unspecified atom stereocenters. The molecule has 5 nitrogen and oxygen atoms in total. The van der Waals surface area contributed by atoms with Crippen molar-refractivity contribution in [2.24, 2.45) is 12.9 Å². The zero-order valence-corrected chi connectivity index (χ0v) is 10.9. The Morgan fingerprint density at radius 1 is 1.53 bits per heavy atom. The summed E-state index contributed by atoms with van der Waals surface area (Å²) >= 11 is 0. The van der Waals surface area contributed by atoms with Gasteiger partial charge < -0.3 is 4.74 Å². The first-order valence-electron chi connectivity index (χ1n) is 6.27. The summed E-state index contributed by atoms with van der Waals surface area (Å²) in [5.41, 5.74) is 4.13. The standard InChI is InChI=1S/C12H24N4O/c1-3-17-8-4-5-12(15-13)7-6-11-9-14-16(2)10-11/h9-10,12,15H,3-8,13H2,1-2H3. The van der Waals surface area contributed by atoms with E-state index in [9.17, 15) is 0 Å². The van der Waals surface area contributed by atoms with Gasteiger partial charge in [-0.05, 0) is 38.2 Å². The number of rotatable bonds is 9. The smallest absolute Gasteiger partial charge is 0.0521 e. The Hall–Kier alpha value is -0.910. The Morgan fingerprint density at radius 2 is 2.35 bits per heavy atom. The topological polar surface area (TPSA) is 65.1 Å². The van der Waals surface area contributed by atoms with Gasteiger partial charge in [-0.3, -0.25) is 16.0 Å². The SMILES string of the molecule is CCOCCCC(CCc1cnn(C)c1)NN. The number of nitrogens with two attached hydrogens (primary N) is 1. The average molecular weight is 240 g/mol. The molecular formula is C12H24N4O. The van der Waals surface area contributed by atoms with Gasteiger partial charge in [-0.25, -0.2) is 0 Å². The van der Waals surface area contributed by atoms with Crippen LogP contribution < -0.4 is 11.3 Å². The molecule has 1 aromatic rings. The van der Waals surface area contributed by atoms with E-state index in [2.05, 4.69) is 10.5 Å². The summed E-state index contributed by atoms with van der Waals surface area (Å²) < 4.78 is 7.14. The van der Waals surface area contributed by atoms with Crippen LogP contribution in [0.15, 0.2) is 12.4 Å². The van der Waals surface area contributed by atoms with E-state index in [4.69, 9.17) is 10.6 Å². The molecule has 0 saturated heterocycles. The van der Waals surface area contributed by atoms with Gasteiger partial charge >= 0.3 is 0 Å². The molecule has 0 spiro atoms. The minimum absolute atomic E-state index is 0.357. The molecule has 3 N–H and O–H groups in total. The van der Waals surface area contributed by atoms with Crippen molar-refractivity contribution < 1.29 is 4.74 Å². The zero-order chi connectivity index (χ0) is 12.5. The Bertz CT molecular complexity index is 300. The van der Waals surface area contributed by atoms with Gasteiger partial charge in [-0.15, -0.1) is 0 Å². The predicted molar refractivity (Wildman–Crippen MR) is 68.4 cm³/mol. The first kappa shape index (κ1) is 14.2. The number of aryl methyl sites for hydroxylation is 2. The molecule has 17 heavy (non-hydrogen) atoms. The molecule has 0 aromatic carbocycles. The van der Waals surface area contributed by atoms with Gasteiger partial charge in [-0.2, -0.15) is 5.10 Å². The van der Waals surface area contributed by atoms with Crippen LogP contribution in [0, 0.1) is 0 Å². The largest absolute Gasteiger partial charge is 0.382 e. The second-order valence-corrected chi connectivity index (χ2v) is 4.26. The fourth-order valence-corrected chi connectivity index (χ4v) is 1.83. The molecular weight excluding hydrogens is 216 g/mol. The lowest BCUT2D eigenvalue weighted by atomic mass is 10.0. The molecule has 0 aliphatic heterocycles. The molecule has 0 radical (unpaired) electrons. The van der Waals surface area contributed by atoms with Gasteiger partial charge in [0.05, 0.1) is 6.20 Å². The third kappa shape index (κ3) is 5.81. The van der Waals surface area contributed by atoms with Crippen molar-refractivity contribution in [1.29, 1.82) is 0 Å². The first-order chi connectivity index (χ1) is 8.26. The van der Waals surface area contributed by atoms with Crippen molar-refractivity contribution in [3.05, 3.63) is 18.0 Å². The molecule has 0 aliphatic rings. The number of nitrogens with zero attached hydrogens (tertiary/aromatic N) is 2. The zero-order valence-electron chi connectivity index (χ0n) is 10.9. The minimum Gasteiger partial charge on any atom is -0.382 e. The van der Waals surface area contributed by atoms with Crippen LogP contribution in [0.5, 0.6) is 0 Å². The summed E-state index contributed by atoms with van der Waals surface area (Å²) in [5, 5.41) is 4.15. The van der Waals surface area contributed by atoms with Crippen molar-refractivity contribution in [2.75, 3.05) is 13.2 Å². The van der Waals surface area contributed by atoms with Crippen molar-refractivity contribution in [1.82, 2.24) is 15.2 Å². The highest BCUT2D eigenvalue weighted by molar-refractivity contribution is 5.03. The normalized spacial score (nSPS) is 12.9. The van der Waals surface area contributed by atoms with E-state index in [0.717, 1.165) is 38.9 Å². The van der Waals surface area contributed by atoms with Gasteiger partial charge in [0.2, 0.25) is 0 Å². The summed E-state index contributed by atoms with van der Waals surface area (Å²) in [4.78, 5) is 0.